The lowest BCUT2D eigenvalue weighted by molar-refractivity contribution is 0.0748. The molecule has 0 atom stereocenters. The molecule has 0 saturated heterocycles. The molecule has 3 heterocycles. The lowest BCUT2D eigenvalue weighted by Crippen LogP contribution is -2.27. The van der Waals surface area contributed by atoms with Gasteiger partial charge in [0.2, 0.25) is 0 Å². The molecule has 0 unspecified atom stereocenters. The maximum Gasteiger partial charge on any atom is 0.254 e. The quantitative estimate of drug-likeness (QED) is 0.502. The van der Waals surface area contributed by atoms with Gasteiger partial charge in [-0.3, -0.25) is 4.79 Å². The van der Waals surface area contributed by atoms with Gasteiger partial charge < -0.3 is 9.47 Å². The van der Waals surface area contributed by atoms with E-state index < -0.39 is 0 Å². The predicted molar refractivity (Wildman–Crippen MR) is 117 cm³/mol. The molecule has 0 N–H and O–H groups in total. The number of aryl methyl sites for hydroxylation is 3. The van der Waals surface area contributed by atoms with Crippen LogP contribution in [0.5, 0.6) is 0 Å². The van der Waals surface area contributed by atoms with Gasteiger partial charge in [-0.15, -0.1) is 0 Å². The number of benzene rings is 2. The van der Waals surface area contributed by atoms with E-state index in [2.05, 4.69) is 36.6 Å². The van der Waals surface area contributed by atoms with Crippen molar-refractivity contribution in [2.45, 2.75) is 33.9 Å². The Labute approximate surface area is 176 Å². The molecule has 1 aliphatic rings. The highest BCUT2D eigenvalue weighted by atomic mass is 16.2. The molecule has 0 aliphatic carbocycles. The first-order valence-corrected chi connectivity index (χ1v) is 10.2. The Balaban J connectivity index is 1.57. The molecule has 0 saturated carbocycles. The van der Waals surface area contributed by atoms with Gasteiger partial charge in [0.05, 0.1) is 24.5 Å². The molecule has 5 heteroatoms. The third kappa shape index (κ3) is 2.94. The highest BCUT2D eigenvalue weighted by Gasteiger charge is 2.32. The molecule has 2 aromatic heterocycles. The van der Waals surface area contributed by atoms with Crippen molar-refractivity contribution < 1.29 is 4.79 Å². The Morgan fingerprint density at radius 1 is 0.867 bits per heavy atom. The third-order valence-electron chi connectivity index (χ3n) is 5.98. The average Bonchev–Trinajstić information content (AvgIpc) is 3.45. The molecule has 150 valence electrons. The summed E-state index contributed by atoms with van der Waals surface area (Å²) in [7, 11) is 0. The topological polar surface area (TPSA) is 43.1 Å². The number of rotatable bonds is 3. The number of hydrogen-bond donors (Lipinski definition) is 0. The van der Waals surface area contributed by atoms with Crippen LogP contribution in [0.3, 0.4) is 0 Å². The zero-order chi connectivity index (χ0) is 20.8. The summed E-state index contributed by atoms with van der Waals surface area (Å²) >= 11 is 0. The van der Waals surface area contributed by atoms with Crippen LogP contribution in [0.2, 0.25) is 0 Å². The van der Waals surface area contributed by atoms with Crippen molar-refractivity contribution in [2.24, 2.45) is 0 Å². The van der Waals surface area contributed by atoms with E-state index in [1.807, 2.05) is 65.3 Å². The van der Waals surface area contributed by atoms with E-state index in [1.54, 1.807) is 0 Å². The molecule has 5 rings (SSSR count). The lowest BCUT2D eigenvalue weighted by Gasteiger charge is -2.18. The minimum absolute atomic E-state index is 0.0577. The van der Waals surface area contributed by atoms with Crippen molar-refractivity contribution in [2.75, 3.05) is 0 Å². The Kier molecular flexibility index (Phi) is 4.31. The van der Waals surface area contributed by atoms with Gasteiger partial charge in [0.15, 0.2) is 0 Å². The minimum atomic E-state index is 0.0577. The summed E-state index contributed by atoms with van der Waals surface area (Å²) in [4.78, 5) is 15.0. The fraction of sp³-hybridized carbons (Fsp3) is 0.200. The maximum atomic E-state index is 13.2. The van der Waals surface area contributed by atoms with Crippen LogP contribution in [-0.2, 0) is 13.1 Å². The van der Waals surface area contributed by atoms with Crippen LogP contribution in [0.15, 0.2) is 67.0 Å². The smallest absolute Gasteiger partial charge is 0.254 e. The fourth-order valence-corrected chi connectivity index (χ4v) is 4.11. The van der Waals surface area contributed by atoms with Gasteiger partial charge >= 0.3 is 0 Å². The second-order valence-electron chi connectivity index (χ2n) is 8.00. The van der Waals surface area contributed by atoms with Crippen molar-refractivity contribution in [3.05, 3.63) is 101 Å². The minimum Gasteiger partial charge on any atom is -0.328 e. The van der Waals surface area contributed by atoms with Gasteiger partial charge in [-0.2, -0.15) is 5.10 Å². The van der Waals surface area contributed by atoms with Crippen molar-refractivity contribution >= 4 is 5.91 Å². The molecule has 5 nitrogen and oxygen atoms in total. The van der Waals surface area contributed by atoms with Crippen LogP contribution >= 0.6 is 0 Å². The number of hydrogen-bond acceptors (Lipinski definition) is 2. The third-order valence-corrected chi connectivity index (χ3v) is 5.98. The standard InChI is InChI=1S/C25H24N4O/c1-17-10-11-20(14-19(17)3)29-24(27-12-6-7-13-27)22-15-28(16-23(22)26-29)25(30)21-9-5-4-8-18(21)2/h4-14H,15-16H2,1-3H3. The number of aromatic nitrogens is 3. The summed E-state index contributed by atoms with van der Waals surface area (Å²) in [5.41, 5.74) is 7.34. The van der Waals surface area contributed by atoms with Gasteiger partial charge in [0, 0.05) is 23.5 Å². The Morgan fingerprint density at radius 2 is 1.63 bits per heavy atom. The first-order chi connectivity index (χ1) is 14.5. The lowest BCUT2D eigenvalue weighted by atomic mass is 10.1. The van der Waals surface area contributed by atoms with Gasteiger partial charge in [0.1, 0.15) is 5.82 Å². The Bertz CT molecular complexity index is 1250. The number of carbonyl (C=O) groups is 1. The maximum absolute atomic E-state index is 13.2. The van der Waals surface area contributed by atoms with Crippen molar-refractivity contribution in [1.82, 2.24) is 19.2 Å². The molecule has 0 bridgehead atoms. The molecule has 1 aliphatic heterocycles. The molecule has 2 aromatic carbocycles. The zero-order valence-electron chi connectivity index (χ0n) is 17.5. The van der Waals surface area contributed by atoms with Gasteiger partial charge in [-0.25, -0.2) is 4.68 Å². The number of amides is 1. The van der Waals surface area contributed by atoms with Crippen molar-refractivity contribution in [1.29, 1.82) is 0 Å². The highest BCUT2D eigenvalue weighted by Crippen LogP contribution is 2.32. The first kappa shape index (κ1) is 18.4. The summed E-state index contributed by atoms with van der Waals surface area (Å²) in [6, 6.07) is 18.2. The van der Waals surface area contributed by atoms with Gasteiger partial charge in [0.25, 0.3) is 5.91 Å². The molecule has 0 spiro atoms. The summed E-state index contributed by atoms with van der Waals surface area (Å²) < 4.78 is 4.09. The summed E-state index contributed by atoms with van der Waals surface area (Å²) in [5.74, 6) is 1.06. The van der Waals surface area contributed by atoms with Crippen molar-refractivity contribution in [3.8, 4) is 11.5 Å². The van der Waals surface area contributed by atoms with E-state index >= 15 is 0 Å². The van der Waals surface area contributed by atoms with Crippen LogP contribution in [0.4, 0.5) is 0 Å². The van der Waals surface area contributed by atoms with E-state index in [4.69, 9.17) is 5.10 Å². The van der Waals surface area contributed by atoms with Crippen LogP contribution in [0, 0.1) is 20.8 Å². The summed E-state index contributed by atoms with van der Waals surface area (Å²) in [6.07, 6.45) is 4.06. The predicted octanol–water partition coefficient (Wildman–Crippen LogP) is 4.74. The van der Waals surface area contributed by atoms with Crippen LogP contribution in [0.1, 0.15) is 38.3 Å². The first-order valence-electron chi connectivity index (χ1n) is 10.2. The summed E-state index contributed by atoms with van der Waals surface area (Å²) in [5, 5.41) is 4.94. The van der Waals surface area contributed by atoms with Crippen molar-refractivity contribution in [3.63, 3.8) is 0 Å². The molecule has 0 radical (unpaired) electrons. The molecule has 0 fully saturated rings. The Hall–Kier alpha value is -3.60. The SMILES string of the molecule is Cc1ccc(-n2nc3c(c2-n2cccc2)CN(C(=O)c2ccccc2C)C3)cc1C. The number of carbonyl (C=O) groups excluding carboxylic acids is 1. The van der Waals surface area contributed by atoms with Crippen LogP contribution in [-0.4, -0.2) is 25.2 Å². The Morgan fingerprint density at radius 3 is 2.37 bits per heavy atom. The molecular weight excluding hydrogens is 372 g/mol. The largest absolute Gasteiger partial charge is 0.328 e. The average molecular weight is 396 g/mol. The highest BCUT2D eigenvalue weighted by molar-refractivity contribution is 5.96. The van der Waals surface area contributed by atoms with E-state index in [1.165, 1.54) is 11.1 Å². The van der Waals surface area contributed by atoms with E-state index in [0.717, 1.165) is 33.9 Å². The van der Waals surface area contributed by atoms with E-state index in [0.29, 0.717) is 13.1 Å². The zero-order valence-corrected chi connectivity index (χ0v) is 17.5. The van der Waals surface area contributed by atoms with Crippen LogP contribution < -0.4 is 0 Å². The number of fused-ring (bicyclic) bond motifs is 1. The normalized spacial score (nSPS) is 13.0. The van der Waals surface area contributed by atoms with Gasteiger partial charge in [-0.05, 0) is 67.8 Å². The van der Waals surface area contributed by atoms with Gasteiger partial charge in [-0.1, -0.05) is 24.3 Å². The van der Waals surface area contributed by atoms with E-state index in [-0.39, 0.29) is 5.91 Å². The van der Waals surface area contributed by atoms with E-state index in [9.17, 15) is 4.79 Å². The molecular formula is C25H24N4O. The number of nitrogens with zero attached hydrogens (tertiary/aromatic N) is 4. The molecule has 4 aromatic rings. The monoisotopic (exact) mass is 396 g/mol. The molecule has 1 amide bonds. The molecule has 30 heavy (non-hydrogen) atoms. The summed E-state index contributed by atoms with van der Waals surface area (Å²) in [6.45, 7) is 7.29. The fourth-order valence-electron chi connectivity index (χ4n) is 4.11. The van der Waals surface area contributed by atoms with Crippen LogP contribution in [0.25, 0.3) is 11.5 Å². The second kappa shape index (κ2) is 7.02. The second-order valence-corrected chi connectivity index (χ2v) is 8.00.